The molecule has 0 spiro atoms. The fraction of sp³-hybridized carbons (Fsp3) is 0.292. The average molecular weight is 404 g/mol. The zero-order valence-electron chi connectivity index (χ0n) is 16.4. The molecule has 0 saturated carbocycles. The van der Waals surface area contributed by atoms with Gasteiger partial charge in [-0.2, -0.15) is 0 Å². The van der Waals surface area contributed by atoms with Gasteiger partial charge in [-0.25, -0.2) is 4.98 Å². The van der Waals surface area contributed by atoms with Crippen molar-refractivity contribution in [1.29, 1.82) is 0 Å². The molecule has 1 saturated heterocycles. The highest BCUT2D eigenvalue weighted by molar-refractivity contribution is 7.07. The van der Waals surface area contributed by atoms with Crippen molar-refractivity contribution in [3.8, 4) is 5.75 Å². The lowest BCUT2D eigenvalue weighted by atomic mass is 9.94. The maximum absolute atomic E-state index is 5.97. The Morgan fingerprint density at radius 3 is 2.76 bits per heavy atom. The topological polar surface area (TPSA) is 41.1 Å². The highest BCUT2D eigenvalue weighted by Gasteiger charge is 2.22. The third kappa shape index (κ3) is 4.21. The number of rotatable bonds is 6. The second-order valence-corrected chi connectivity index (χ2v) is 8.48. The first-order valence-electron chi connectivity index (χ1n) is 10.2. The van der Waals surface area contributed by atoms with E-state index in [-0.39, 0.29) is 0 Å². The van der Waals surface area contributed by atoms with E-state index in [2.05, 4.69) is 56.8 Å². The lowest BCUT2D eigenvalue weighted by Gasteiger charge is -2.31. The molecule has 1 aliphatic heterocycles. The molecule has 1 N–H and O–H groups in total. The van der Waals surface area contributed by atoms with Crippen LogP contribution in [0.3, 0.4) is 0 Å². The quantitative estimate of drug-likeness (QED) is 0.457. The van der Waals surface area contributed by atoms with Gasteiger partial charge in [0.2, 0.25) is 0 Å². The van der Waals surface area contributed by atoms with E-state index in [0.29, 0.717) is 12.5 Å². The minimum atomic E-state index is 0.591. The number of hydrogen-bond acceptors (Lipinski definition) is 4. The van der Waals surface area contributed by atoms with Crippen LogP contribution in [0.25, 0.3) is 10.9 Å². The first-order valence-corrected chi connectivity index (χ1v) is 11.2. The van der Waals surface area contributed by atoms with Crippen molar-refractivity contribution in [1.82, 2.24) is 14.9 Å². The van der Waals surface area contributed by atoms with E-state index in [1.165, 1.54) is 35.0 Å². The van der Waals surface area contributed by atoms with Crippen LogP contribution < -0.4 is 4.74 Å². The summed E-state index contributed by atoms with van der Waals surface area (Å²) in [6, 6.07) is 16.7. The summed E-state index contributed by atoms with van der Waals surface area (Å²) < 4.78 is 5.97. The highest BCUT2D eigenvalue weighted by atomic mass is 32.1. The van der Waals surface area contributed by atoms with Gasteiger partial charge in [-0.3, -0.25) is 4.90 Å². The molecule has 0 aliphatic carbocycles. The standard InChI is InChI=1S/C24H25N3OS/c1-2-4-18(5-3-1)15-28-21-6-7-22-20(13-25-23(22)12-21)14-27-10-8-19(9-11-27)24-16-29-17-26-24/h1-7,12-13,16-17,19,25H,8-11,14-15H2. The van der Waals surface area contributed by atoms with Crippen LogP contribution in [-0.2, 0) is 13.2 Å². The largest absolute Gasteiger partial charge is 0.489 e. The summed E-state index contributed by atoms with van der Waals surface area (Å²) in [7, 11) is 0. The third-order valence-electron chi connectivity index (χ3n) is 5.84. The smallest absolute Gasteiger partial charge is 0.121 e. The monoisotopic (exact) mass is 403 g/mol. The van der Waals surface area contributed by atoms with Gasteiger partial charge in [0.15, 0.2) is 0 Å². The predicted octanol–water partition coefficient (Wildman–Crippen LogP) is 5.58. The summed E-state index contributed by atoms with van der Waals surface area (Å²) >= 11 is 1.70. The molecular formula is C24H25N3OS. The highest BCUT2D eigenvalue weighted by Crippen LogP contribution is 2.30. The zero-order chi connectivity index (χ0) is 19.5. The molecule has 0 atom stereocenters. The number of hydrogen-bond donors (Lipinski definition) is 1. The van der Waals surface area contributed by atoms with Crippen molar-refractivity contribution in [2.45, 2.75) is 31.9 Å². The number of benzene rings is 2. The van der Waals surface area contributed by atoms with E-state index in [9.17, 15) is 0 Å². The van der Waals surface area contributed by atoms with E-state index < -0.39 is 0 Å². The lowest BCUT2D eigenvalue weighted by Crippen LogP contribution is -2.32. The fourth-order valence-corrected chi connectivity index (χ4v) is 4.81. The number of aromatic amines is 1. The van der Waals surface area contributed by atoms with E-state index in [4.69, 9.17) is 4.74 Å². The van der Waals surface area contributed by atoms with Crippen molar-refractivity contribution in [3.05, 3.63) is 82.4 Å². The van der Waals surface area contributed by atoms with Crippen LogP contribution in [0.4, 0.5) is 0 Å². The van der Waals surface area contributed by atoms with Crippen LogP contribution in [-0.4, -0.2) is 28.0 Å². The van der Waals surface area contributed by atoms with Crippen LogP contribution in [0.1, 0.15) is 35.6 Å². The average Bonchev–Trinajstić information content (AvgIpc) is 3.44. The number of piperidine rings is 1. The summed E-state index contributed by atoms with van der Waals surface area (Å²) in [5.74, 6) is 1.53. The molecular weight excluding hydrogens is 378 g/mol. The number of fused-ring (bicyclic) bond motifs is 1. The molecule has 0 unspecified atom stereocenters. The number of ether oxygens (including phenoxy) is 1. The summed E-state index contributed by atoms with van der Waals surface area (Å²) in [6.45, 7) is 3.85. The van der Waals surface area contributed by atoms with Crippen molar-refractivity contribution < 1.29 is 4.74 Å². The first-order chi connectivity index (χ1) is 14.3. The Bertz CT molecular complexity index is 1050. The minimum absolute atomic E-state index is 0.591. The molecule has 5 rings (SSSR count). The van der Waals surface area contributed by atoms with E-state index in [1.54, 1.807) is 11.3 Å². The van der Waals surface area contributed by atoms with Gasteiger partial charge < -0.3 is 9.72 Å². The lowest BCUT2D eigenvalue weighted by molar-refractivity contribution is 0.204. The summed E-state index contributed by atoms with van der Waals surface area (Å²) in [5.41, 5.74) is 6.92. The first kappa shape index (κ1) is 18.4. The van der Waals surface area contributed by atoms with Crippen LogP contribution in [0.2, 0.25) is 0 Å². The maximum Gasteiger partial charge on any atom is 0.121 e. The van der Waals surface area contributed by atoms with Gasteiger partial charge in [-0.1, -0.05) is 30.3 Å². The molecule has 148 valence electrons. The maximum atomic E-state index is 5.97. The molecule has 29 heavy (non-hydrogen) atoms. The Kier molecular flexibility index (Phi) is 5.33. The molecule has 2 aromatic heterocycles. The number of nitrogens with zero attached hydrogens (tertiary/aromatic N) is 2. The molecule has 5 heteroatoms. The van der Waals surface area contributed by atoms with Crippen LogP contribution in [0, 0.1) is 0 Å². The van der Waals surface area contributed by atoms with Crippen LogP contribution >= 0.6 is 11.3 Å². The SMILES string of the molecule is c1ccc(COc2ccc3c(CN4CCC(c5cscn5)CC4)c[nH]c3c2)cc1. The van der Waals surface area contributed by atoms with Crippen LogP contribution in [0.5, 0.6) is 5.75 Å². The minimum Gasteiger partial charge on any atom is -0.489 e. The second kappa shape index (κ2) is 8.39. The molecule has 4 aromatic rings. The van der Waals surface area contributed by atoms with E-state index in [0.717, 1.165) is 30.9 Å². The van der Waals surface area contributed by atoms with Gasteiger partial charge >= 0.3 is 0 Å². The number of likely N-dealkylation sites (tertiary alicyclic amines) is 1. The molecule has 3 heterocycles. The Morgan fingerprint density at radius 1 is 1.10 bits per heavy atom. The second-order valence-electron chi connectivity index (χ2n) is 7.76. The van der Waals surface area contributed by atoms with Crippen molar-refractivity contribution in [3.63, 3.8) is 0 Å². The number of H-pyrrole nitrogens is 1. The number of nitrogens with one attached hydrogen (secondary N) is 1. The molecule has 2 aromatic carbocycles. The van der Waals surface area contributed by atoms with Crippen molar-refractivity contribution in [2.24, 2.45) is 0 Å². The Morgan fingerprint density at radius 2 is 1.97 bits per heavy atom. The van der Waals surface area contributed by atoms with Crippen LogP contribution in [0.15, 0.2) is 65.6 Å². The molecule has 0 radical (unpaired) electrons. The summed E-state index contributed by atoms with van der Waals surface area (Å²) in [4.78, 5) is 10.5. The van der Waals surface area contributed by atoms with Gasteiger partial charge in [0.05, 0.1) is 11.2 Å². The molecule has 1 aliphatic rings. The fourth-order valence-electron chi connectivity index (χ4n) is 4.18. The Labute approximate surface area is 175 Å². The zero-order valence-corrected chi connectivity index (χ0v) is 17.2. The van der Waals surface area contributed by atoms with Gasteiger partial charge in [0.25, 0.3) is 0 Å². The van der Waals surface area contributed by atoms with Gasteiger partial charge in [0, 0.05) is 41.0 Å². The Balaban J connectivity index is 1.21. The normalized spacial score (nSPS) is 15.7. The van der Waals surface area contributed by atoms with Gasteiger partial charge in [-0.05, 0) is 49.2 Å². The van der Waals surface area contributed by atoms with E-state index >= 15 is 0 Å². The van der Waals surface area contributed by atoms with Gasteiger partial charge in [-0.15, -0.1) is 11.3 Å². The third-order valence-corrected chi connectivity index (χ3v) is 6.44. The van der Waals surface area contributed by atoms with Gasteiger partial charge in [0.1, 0.15) is 12.4 Å². The molecule has 1 fully saturated rings. The van der Waals surface area contributed by atoms with Crippen molar-refractivity contribution >= 4 is 22.2 Å². The predicted molar refractivity (Wildman–Crippen MR) is 118 cm³/mol. The molecule has 4 nitrogen and oxygen atoms in total. The summed E-state index contributed by atoms with van der Waals surface area (Å²) in [5, 5.41) is 3.50. The van der Waals surface area contributed by atoms with E-state index in [1.807, 2.05) is 23.7 Å². The number of aromatic nitrogens is 2. The summed E-state index contributed by atoms with van der Waals surface area (Å²) in [6.07, 6.45) is 4.55. The molecule has 0 amide bonds. The number of thiazole rings is 1. The Hall–Kier alpha value is -2.63. The molecule has 0 bridgehead atoms. The van der Waals surface area contributed by atoms with Crippen molar-refractivity contribution in [2.75, 3.05) is 13.1 Å².